The second-order valence-electron chi connectivity index (χ2n) is 6.32. The molecule has 0 N–H and O–H groups in total. The summed E-state index contributed by atoms with van der Waals surface area (Å²) >= 11 is 0. The summed E-state index contributed by atoms with van der Waals surface area (Å²) in [5.74, 6) is 1.28. The van der Waals surface area contributed by atoms with Crippen LogP contribution in [0.15, 0.2) is 35.3 Å². The number of carbonyl (C=O) groups is 1. The van der Waals surface area contributed by atoms with E-state index in [1.165, 1.54) is 0 Å². The van der Waals surface area contributed by atoms with Crippen molar-refractivity contribution in [1.82, 2.24) is 14.3 Å². The lowest BCUT2D eigenvalue weighted by Gasteiger charge is -2.23. The third kappa shape index (κ3) is 2.81. The van der Waals surface area contributed by atoms with Crippen LogP contribution in [0.4, 0.5) is 5.82 Å². The van der Waals surface area contributed by atoms with Gasteiger partial charge in [-0.15, -0.1) is 0 Å². The van der Waals surface area contributed by atoms with Gasteiger partial charge in [-0.2, -0.15) is 0 Å². The van der Waals surface area contributed by atoms with Crippen LogP contribution in [0, 0.1) is 5.92 Å². The van der Waals surface area contributed by atoms with Crippen LogP contribution < -0.4 is 10.5 Å². The second kappa shape index (κ2) is 5.68. The third-order valence-electron chi connectivity index (χ3n) is 4.62. The molecule has 2 aliphatic rings. The maximum absolute atomic E-state index is 12.2. The van der Waals surface area contributed by atoms with Crippen molar-refractivity contribution < 1.29 is 4.79 Å². The molecular weight excluding hydrogens is 292 g/mol. The Morgan fingerprint density at radius 3 is 2.83 bits per heavy atom. The van der Waals surface area contributed by atoms with Crippen LogP contribution >= 0.6 is 0 Å². The molecule has 0 radical (unpaired) electrons. The fourth-order valence-electron chi connectivity index (χ4n) is 3.16. The maximum Gasteiger partial charge on any atom is 0.259 e. The van der Waals surface area contributed by atoms with Crippen LogP contribution in [0.1, 0.15) is 19.3 Å². The van der Waals surface area contributed by atoms with Gasteiger partial charge in [0.05, 0.1) is 0 Å². The van der Waals surface area contributed by atoms with E-state index >= 15 is 0 Å². The first-order valence-corrected chi connectivity index (χ1v) is 8.24. The lowest BCUT2D eigenvalue weighted by atomic mass is 10.3. The molecule has 0 aromatic carbocycles. The molecule has 1 amide bonds. The highest BCUT2D eigenvalue weighted by atomic mass is 16.2. The number of hydrogen-bond donors (Lipinski definition) is 0. The van der Waals surface area contributed by atoms with E-state index in [0.29, 0.717) is 23.9 Å². The molecule has 2 aromatic heterocycles. The fraction of sp³-hybridized carbons (Fsp3) is 0.471. The van der Waals surface area contributed by atoms with Gasteiger partial charge in [-0.25, -0.2) is 4.98 Å². The SMILES string of the molecule is O=C(C1CC1)N1CCCN(c2cc(=O)n3ccccc3n2)CC1. The van der Waals surface area contributed by atoms with Gasteiger partial charge in [-0.3, -0.25) is 14.0 Å². The fourth-order valence-corrected chi connectivity index (χ4v) is 3.16. The van der Waals surface area contributed by atoms with Crippen LogP contribution in [0.2, 0.25) is 0 Å². The van der Waals surface area contributed by atoms with E-state index in [2.05, 4.69) is 9.88 Å². The molecule has 2 aromatic rings. The van der Waals surface area contributed by atoms with E-state index in [1.807, 2.05) is 23.1 Å². The van der Waals surface area contributed by atoms with Gasteiger partial charge in [0.15, 0.2) is 0 Å². The number of fused-ring (bicyclic) bond motifs is 1. The van der Waals surface area contributed by atoms with E-state index in [4.69, 9.17) is 0 Å². The van der Waals surface area contributed by atoms with Crippen molar-refractivity contribution in [2.75, 3.05) is 31.1 Å². The Morgan fingerprint density at radius 1 is 1.13 bits per heavy atom. The van der Waals surface area contributed by atoms with Gasteiger partial charge < -0.3 is 9.80 Å². The van der Waals surface area contributed by atoms with Crippen LogP contribution in [0.5, 0.6) is 0 Å². The molecule has 1 aliphatic carbocycles. The van der Waals surface area contributed by atoms with Crippen LogP contribution in [-0.4, -0.2) is 46.4 Å². The summed E-state index contributed by atoms with van der Waals surface area (Å²) in [6.07, 6.45) is 4.73. The molecule has 6 nitrogen and oxygen atoms in total. The molecule has 6 heteroatoms. The Morgan fingerprint density at radius 2 is 2.00 bits per heavy atom. The molecule has 120 valence electrons. The van der Waals surface area contributed by atoms with Gasteiger partial charge in [-0.1, -0.05) is 6.07 Å². The molecule has 2 fully saturated rings. The van der Waals surface area contributed by atoms with Crippen molar-refractivity contribution in [2.24, 2.45) is 5.92 Å². The topological polar surface area (TPSA) is 57.9 Å². The van der Waals surface area contributed by atoms with Gasteiger partial charge in [0.2, 0.25) is 5.91 Å². The highest BCUT2D eigenvalue weighted by Crippen LogP contribution is 2.31. The first-order valence-electron chi connectivity index (χ1n) is 8.24. The van der Waals surface area contributed by atoms with Crippen molar-refractivity contribution in [2.45, 2.75) is 19.3 Å². The highest BCUT2D eigenvalue weighted by molar-refractivity contribution is 5.81. The number of carbonyl (C=O) groups excluding carboxylic acids is 1. The number of nitrogens with zero attached hydrogens (tertiary/aromatic N) is 4. The van der Waals surface area contributed by atoms with E-state index < -0.39 is 0 Å². The van der Waals surface area contributed by atoms with Crippen molar-refractivity contribution in [1.29, 1.82) is 0 Å². The summed E-state index contributed by atoms with van der Waals surface area (Å²) < 4.78 is 1.55. The van der Waals surface area contributed by atoms with Crippen LogP contribution in [0.3, 0.4) is 0 Å². The molecule has 1 saturated carbocycles. The molecule has 23 heavy (non-hydrogen) atoms. The summed E-state index contributed by atoms with van der Waals surface area (Å²) in [4.78, 5) is 33.2. The van der Waals surface area contributed by atoms with Crippen LogP contribution in [0.25, 0.3) is 5.65 Å². The highest BCUT2D eigenvalue weighted by Gasteiger charge is 2.34. The largest absolute Gasteiger partial charge is 0.355 e. The summed E-state index contributed by atoms with van der Waals surface area (Å²) in [7, 11) is 0. The Balaban J connectivity index is 1.56. The Labute approximate surface area is 134 Å². The standard InChI is InChI=1S/C17H20N4O2/c22-16-12-15(18-14-4-1-2-9-21(14)16)19-7-3-8-20(11-10-19)17(23)13-5-6-13/h1-2,4,9,12-13H,3,5-8,10-11H2. The number of amides is 1. The number of aromatic nitrogens is 2. The minimum absolute atomic E-state index is 0.0687. The van der Waals surface area contributed by atoms with Crippen molar-refractivity contribution >= 4 is 17.4 Å². The zero-order valence-electron chi connectivity index (χ0n) is 13.0. The Hall–Kier alpha value is -2.37. The summed E-state index contributed by atoms with van der Waals surface area (Å²) in [5, 5.41) is 0. The summed E-state index contributed by atoms with van der Waals surface area (Å²) in [5.41, 5.74) is 0.589. The number of anilines is 1. The van der Waals surface area contributed by atoms with Gasteiger partial charge >= 0.3 is 0 Å². The van der Waals surface area contributed by atoms with Crippen LogP contribution in [-0.2, 0) is 4.79 Å². The molecule has 3 heterocycles. The van der Waals surface area contributed by atoms with Crippen molar-refractivity contribution in [3.8, 4) is 0 Å². The number of rotatable bonds is 2. The minimum Gasteiger partial charge on any atom is -0.355 e. The maximum atomic E-state index is 12.2. The zero-order valence-corrected chi connectivity index (χ0v) is 13.0. The monoisotopic (exact) mass is 312 g/mol. The van der Waals surface area contributed by atoms with Gasteiger partial charge in [-0.05, 0) is 31.4 Å². The van der Waals surface area contributed by atoms with Gasteiger partial charge in [0.25, 0.3) is 5.56 Å². The quantitative estimate of drug-likeness (QED) is 0.834. The minimum atomic E-state index is -0.0687. The third-order valence-corrected chi connectivity index (χ3v) is 4.62. The van der Waals surface area contributed by atoms with Gasteiger partial charge in [0.1, 0.15) is 11.5 Å². The number of pyridine rings is 1. The lowest BCUT2D eigenvalue weighted by Crippen LogP contribution is -2.36. The van der Waals surface area contributed by atoms with Gasteiger partial charge in [0, 0.05) is 44.4 Å². The predicted molar refractivity (Wildman–Crippen MR) is 87.6 cm³/mol. The average Bonchev–Trinajstić information content (AvgIpc) is 3.41. The molecule has 0 spiro atoms. The first kappa shape index (κ1) is 14.2. The molecule has 1 aliphatic heterocycles. The zero-order chi connectivity index (χ0) is 15.8. The Bertz CT molecular complexity index is 797. The van der Waals surface area contributed by atoms with Crippen molar-refractivity contribution in [3.05, 3.63) is 40.8 Å². The predicted octanol–water partition coefficient (Wildman–Crippen LogP) is 1.14. The van der Waals surface area contributed by atoms with E-state index in [9.17, 15) is 9.59 Å². The Kier molecular flexibility index (Phi) is 3.52. The molecule has 4 rings (SSSR count). The van der Waals surface area contributed by atoms with Crippen molar-refractivity contribution in [3.63, 3.8) is 0 Å². The van der Waals surface area contributed by atoms with E-state index in [-0.39, 0.29) is 11.5 Å². The molecule has 0 bridgehead atoms. The lowest BCUT2D eigenvalue weighted by molar-refractivity contribution is -0.132. The normalized spacial score (nSPS) is 19.0. The molecule has 1 saturated heterocycles. The molecule has 0 atom stereocenters. The molecular formula is C17H20N4O2. The summed E-state index contributed by atoms with van der Waals surface area (Å²) in [6, 6.07) is 7.13. The van der Waals surface area contributed by atoms with E-state index in [0.717, 1.165) is 38.9 Å². The number of hydrogen-bond acceptors (Lipinski definition) is 4. The average molecular weight is 312 g/mol. The smallest absolute Gasteiger partial charge is 0.259 e. The first-order chi connectivity index (χ1) is 11.2. The molecule has 0 unspecified atom stereocenters. The second-order valence-corrected chi connectivity index (χ2v) is 6.32. The van der Waals surface area contributed by atoms with E-state index in [1.54, 1.807) is 16.7 Å². The summed E-state index contributed by atoms with van der Waals surface area (Å²) in [6.45, 7) is 3.07.